The van der Waals surface area contributed by atoms with E-state index in [2.05, 4.69) is 19.1 Å². The molecule has 0 bridgehead atoms. The van der Waals surface area contributed by atoms with Crippen LogP contribution in [0.5, 0.6) is 5.75 Å². The van der Waals surface area contributed by atoms with Gasteiger partial charge in [0.1, 0.15) is 5.75 Å². The Morgan fingerprint density at radius 3 is 3.00 bits per heavy atom. The van der Waals surface area contributed by atoms with Crippen molar-refractivity contribution < 1.29 is 4.74 Å². The van der Waals surface area contributed by atoms with Crippen LogP contribution in [0.3, 0.4) is 0 Å². The fourth-order valence-corrected chi connectivity index (χ4v) is 1.52. The molecule has 0 N–H and O–H groups in total. The molecule has 0 aromatic heterocycles. The molecule has 1 aromatic rings. The fourth-order valence-electron chi connectivity index (χ4n) is 1.52. The van der Waals surface area contributed by atoms with E-state index in [9.17, 15) is 0 Å². The second-order valence-corrected chi connectivity index (χ2v) is 3.08. The summed E-state index contributed by atoms with van der Waals surface area (Å²) in [5, 5.41) is 0. The second-order valence-electron chi connectivity index (χ2n) is 3.08. The molecule has 1 nitrogen and oxygen atoms in total. The zero-order chi connectivity index (χ0) is 7.68. The lowest BCUT2D eigenvalue weighted by molar-refractivity contribution is 0.272. The Labute approximate surface area is 67.0 Å². The van der Waals surface area contributed by atoms with Crippen molar-refractivity contribution in [3.8, 4) is 5.75 Å². The molecule has 11 heavy (non-hydrogen) atoms. The summed E-state index contributed by atoms with van der Waals surface area (Å²) in [6.07, 6.45) is 1.15. The number of hydrogen-bond donors (Lipinski definition) is 0. The molecule has 58 valence electrons. The van der Waals surface area contributed by atoms with Gasteiger partial charge in [0.15, 0.2) is 0 Å². The van der Waals surface area contributed by atoms with E-state index in [1.165, 1.54) is 5.56 Å². The molecule has 1 heteroatoms. The first kappa shape index (κ1) is 6.71. The molecular formula is C10H12O. The fraction of sp³-hybridized carbons (Fsp3) is 0.400. The molecule has 0 saturated heterocycles. The second kappa shape index (κ2) is 2.57. The molecule has 0 spiro atoms. The first-order chi connectivity index (χ1) is 5.38. The van der Waals surface area contributed by atoms with E-state index in [0.29, 0.717) is 5.92 Å². The summed E-state index contributed by atoms with van der Waals surface area (Å²) < 4.78 is 5.49. The Balaban J connectivity index is 2.44. The van der Waals surface area contributed by atoms with Crippen molar-refractivity contribution in [2.45, 2.75) is 19.3 Å². The van der Waals surface area contributed by atoms with Crippen LogP contribution in [0, 0.1) is 0 Å². The van der Waals surface area contributed by atoms with Gasteiger partial charge in [0.2, 0.25) is 0 Å². The van der Waals surface area contributed by atoms with Gasteiger partial charge in [0.25, 0.3) is 0 Å². The van der Waals surface area contributed by atoms with Crippen molar-refractivity contribution >= 4 is 0 Å². The van der Waals surface area contributed by atoms with Crippen LogP contribution in [-0.2, 0) is 0 Å². The third-order valence-electron chi connectivity index (χ3n) is 2.26. The lowest BCUT2D eigenvalue weighted by Crippen LogP contribution is -2.11. The zero-order valence-corrected chi connectivity index (χ0v) is 6.71. The maximum absolute atomic E-state index is 5.49. The Morgan fingerprint density at radius 1 is 1.36 bits per heavy atom. The standard InChI is InChI=1S/C10H12O/c1-8-6-7-11-10-5-3-2-4-9(8)10/h2-5,8H,6-7H2,1H3. The number of fused-ring (bicyclic) bond motifs is 1. The highest BCUT2D eigenvalue weighted by molar-refractivity contribution is 5.37. The van der Waals surface area contributed by atoms with E-state index in [-0.39, 0.29) is 0 Å². The minimum atomic E-state index is 0.667. The third-order valence-corrected chi connectivity index (χ3v) is 2.26. The highest BCUT2D eigenvalue weighted by Gasteiger charge is 2.15. The quantitative estimate of drug-likeness (QED) is 0.549. The Bertz CT molecular complexity index is 255. The van der Waals surface area contributed by atoms with Crippen LogP contribution in [0.1, 0.15) is 24.8 Å². The summed E-state index contributed by atoms with van der Waals surface area (Å²) in [6.45, 7) is 3.12. The highest BCUT2D eigenvalue weighted by Crippen LogP contribution is 2.32. The van der Waals surface area contributed by atoms with Gasteiger partial charge >= 0.3 is 0 Å². The molecular weight excluding hydrogens is 136 g/mol. The summed E-state index contributed by atoms with van der Waals surface area (Å²) in [6, 6.07) is 8.30. The average Bonchev–Trinajstić information content (AvgIpc) is 2.06. The van der Waals surface area contributed by atoms with Gasteiger partial charge in [-0.3, -0.25) is 0 Å². The summed E-state index contributed by atoms with van der Waals surface area (Å²) in [5.41, 5.74) is 1.36. The molecule has 0 fully saturated rings. The SMILES string of the molecule is CC1CCOc2ccccc21. The monoisotopic (exact) mass is 148 g/mol. The molecule has 1 aliphatic heterocycles. The van der Waals surface area contributed by atoms with Crippen LogP contribution < -0.4 is 4.74 Å². The maximum Gasteiger partial charge on any atom is 0.122 e. The Hall–Kier alpha value is -0.980. The normalized spacial score (nSPS) is 22.1. The van der Waals surface area contributed by atoms with E-state index in [1.54, 1.807) is 0 Å². The average molecular weight is 148 g/mol. The lowest BCUT2D eigenvalue weighted by atomic mass is 9.95. The molecule has 2 rings (SSSR count). The van der Waals surface area contributed by atoms with Crippen molar-refractivity contribution in [3.05, 3.63) is 29.8 Å². The van der Waals surface area contributed by atoms with Crippen molar-refractivity contribution in [2.75, 3.05) is 6.61 Å². The van der Waals surface area contributed by atoms with E-state index >= 15 is 0 Å². The number of benzene rings is 1. The Morgan fingerprint density at radius 2 is 2.18 bits per heavy atom. The first-order valence-corrected chi connectivity index (χ1v) is 4.09. The number of para-hydroxylation sites is 1. The summed E-state index contributed by atoms with van der Waals surface area (Å²) in [5.74, 6) is 1.74. The van der Waals surface area contributed by atoms with Crippen molar-refractivity contribution in [3.63, 3.8) is 0 Å². The van der Waals surface area contributed by atoms with Gasteiger partial charge in [0.05, 0.1) is 6.61 Å². The van der Waals surface area contributed by atoms with Crippen molar-refractivity contribution in [1.82, 2.24) is 0 Å². The van der Waals surface area contributed by atoms with Crippen molar-refractivity contribution in [2.24, 2.45) is 0 Å². The van der Waals surface area contributed by atoms with Crippen LogP contribution in [-0.4, -0.2) is 6.61 Å². The van der Waals surface area contributed by atoms with Crippen LogP contribution in [0.15, 0.2) is 24.3 Å². The van der Waals surface area contributed by atoms with Gasteiger partial charge < -0.3 is 4.74 Å². The summed E-state index contributed by atoms with van der Waals surface area (Å²) >= 11 is 0. The lowest BCUT2D eigenvalue weighted by Gasteiger charge is -2.22. The van der Waals surface area contributed by atoms with E-state index in [1.807, 2.05) is 12.1 Å². The Kier molecular flexibility index (Phi) is 1.57. The maximum atomic E-state index is 5.49. The van der Waals surface area contributed by atoms with Gasteiger partial charge in [-0.15, -0.1) is 0 Å². The van der Waals surface area contributed by atoms with Crippen LogP contribution >= 0.6 is 0 Å². The number of ether oxygens (including phenoxy) is 1. The van der Waals surface area contributed by atoms with Gasteiger partial charge in [-0.25, -0.2) is 0 Å². The molecule has 1 atom stereocenters. The van der Waals surface area contributed by atoms with Crippen LogP contribution in [0.4, 0.5) is 0 Å². The predicted octanol–water partition coefficient (Wildman–Crippen LogP) is 2.57. The molecule has 0 saturated carbocycles. The zero-order valence-electron chi connectivity index (χ0n) is 6.71. The van der Waals surface area contributed by atoms with Crippen LogP contribution in [0.25, 0.3) is 0 Å². The summed E-state index contributed by atoms with van der Waals surface area (Å²) in [4.78, 5) is 0. The number of hydrogen-bond acceptors (Lipinski definition) is 1. The summed E-state index contributed by atoms with van der Waals surface area (Å²) in [7, 11) is 0. The molecule has 1 aromatic carbocycles. The largest absolute Gasteiger partial charge is 0.493 e. The van der Waals surface area contributed by atoms with E-state index in [0.717, 1.165) is 18.8 Å². The third kappa shape index (κ3) is 1.11. The van der Waals surface area contributed by atoms with Gasteiger partial charge in [-0.2, -0.15) is 0 Å². The van der Waals surface area contributed by atoms with Crippen LogP contribution in [0.2, 0.25) is 0 Å². The first-order valence-electron chi connectivity index (χ1n) is 4.09. The molecule has 1 aliphatic rings. The molecule has 0 aliphatic carbocycles. The van der Waals surface area contributed by atoms with Crippen molar-refractivity contribution in [1.29, 1.82) is 0 Å². The van der Waals surface area contributed by atoms with Gasteiger partial charge in [-0.1, -0.05) is 25.1 Å². The van der Waals surface area contributed by atoms with E-state index < -0.39 is 0 Å². The number of rotatable bonds is 0. The topological polar surface area (TPSA) is 9.23 Å². The minimum Gasteiger partial charge on any atom is -0.493 e. The molecule has 1 heterocycles. The highest BCUT2D eigenvalue weighted by atomic mass is 16.5. The molecule has 0 radical (unpaired) electrons. The minimum absolute atomic E-state index is 0.667. The molecule has 0 amide bonds. The predicted molar refractivity (Wildman–Crippen MR) is 45.0 cm³/mol. The smallest absolute Gasteiger partial charge is 0.122 e. The van der Waals surface area contributed by atoms with E-state index in [4.69, 9.17) is 4.74 Å². The van der Waals surface area contributed by atoms with Gasteiger partial charge in [0, 0.05) is 0 Å². The molecule has 1 unspecified atom stereocenters. The van der Waals surface area contributed by atoms with Gasteiger partial charge in [-0.05, 0) is 24.0 Å².